The number of nitrogens with zero attached hydrogens (tertiary/aromatic N) is 1. The molecule has 0 fully saturated rings. The lowest BCUT2D eigenvalue weighted by Gasteiger charge is -2.18. The van der Waals surface area contributed by atoms with Gasteiger partial charge in [0.1, 0.15) is 0 Å². The average Bonchev–Trinajstić information content (AvgIpc) is 2.02. The second-order valence-corrected chi connectivity index (χ2v) is 3.07. The SMILES string of the molecule is CCCCCC(CC(=O)O)N(O)O. The summed E-state index contributed by atoms with van der Waals surface area (Å²) in [6.45, 7) is 2.03. The molecule has 5 heteroatoms. The summed E-state index contributed by atoms with van der Waals surface area (Å²) in [4.78, 5) is 10.3. The summed E-state index contributed by atoms with van der Waals surface area (Å²) in [5, 5.41) is 25.8. The molecule has 0 heterocycles. The van der Waals surface area contributed by atoms with E-state index in [9.17, 15) is 4.79 Å². The second kappa shape index (κ2) is 6.82. The first-order valence-electron chi connectivity index (χ1n) is 4.46. The Balaban J connectivity index is 3.74. The van der Waals surface area contributed by atoms with Crippen molar-refractivity contribution < 1.29 is 20.3 Å². The maximum atomic E-state index is 10.3. The summed E-state index contributed by atoms with van der Waals surface area (Å²) in [6, 6.07) is -0.691. The summed E-state index contributed by atoms with van der Waals surface area (Å²) >= 11 is 0. The molecule has 0 rings (SSSR count). The predicted octanol–water partition coefficient (Wildman–Crippen LogP) is 1.49. The number of hydrogen-bond donors (Lipinski definition) is 3. The van der Waals surface area contributed by atoms with E-state index in [2.05, 4.69) is 0 Å². The van der Waals surface area contributed by atoms with Crippen molar-refractivity contribution in [2.24, 2.45) is 0 Å². The van der Waals surface area contributed by atoms with E-state index in [1.807, 2.05) is 6.92 Å². The molecule has 0 saturated heterocycles. The third-order valence-electron chi connectivity index (χ3n) is 1.88. The molecule has 0 aliphatic heterocycles. The molecular formula is C8H17NO4. The highest BCUT2D eigenvalue weighted by atomic mass is 16.8. The number of hydroxylamine groups is 2. The largest absolute Gasteiger partial charge is 0.481 e. The van der Waals surface area contributed by atoms with Gasteiger partial charge < -0.3 is 5.11 Å². The molecule has 13 heavy (non-hydrogen) atoms. The molecule has 0 aromatic carbocycles. The molecule has 0 aromatic rings. The zero-order valence-corrected chi connectivity index (χ0v) is 7.81. The molecule has 0 spiro atoms. The lowest BCUT2D eigenvalue weighted by molar-refractivity contribution is -0.332. The van der Waals surface area contributed by atoms with Crippen molar-refractivity contribution in [1.29, 1.82) is 0 Å². The third-order valence-corrected chi connectivity index (χ3v) is 1.88. The van der Waals surface area contributed by atoms with Crippen molar-refractivity contribution in [3.63, 3.8) is 0 Å². The van der Waals surface area contributed by atoms with Crippen LogP contribution >= 0.6 is 0 Å². The average molecular weight is 191 g/mol. The second-order valence-electron chi connectivity index (χ2n) is 3.07. The quantitative estimate of drug-likeness (QED) is 0.419. The Morgan fingerprint density at radius 1 is 1.38 bits per heavy atom. The van der Waals surface area contributed by atoms with Crippen molar-refractivity contribution in [1.82, 2.24) is 5.23 Å². The van der Waals surface area contributed by atoms with Gasteiger partial charge in [0, 0.05) is 0 Å². The van der Waals surface area contributed by atoms with Gasteiger partial charge in [0.25, 0.3) is 0 Å². The molecule has 0 bridgehead atoms. The van der Waals surface area contributed by atoms with Crippen molar-refractivity contribution >= 4 is 5.97 Å². The fourth-order valence-electron chi connectivity index (χ4n) is 1.13. The summed E-state index contributed by atoms with van der Waals surface area (Å²) in [5.74, 6) is -1.02. The number of carbonyl (C=O) groups is 1. The number of unbranched alkanes of at least 4 members (excludes halogenated alkanes) is 2. The summed E-state index contributed by atoms with van der Waals surface area (Å²) in [7, 11) is 0. The van der Waals surface area contributed by atoms with Gasteiger partial charge in [0.15, 0.2) is 0 Å². The summed E-state index contributed by atoms with van der Waals surface area (Å²) in [6.07, 6.45) is 3.07. The molecule has 1 unspecified atom stereocenters. The Kier molecular flexibility index (Phi) is 6.48. The Hall–Kier alpha value is -0.650. The van der Waals surface area contributed by atoms with Gasteiger partial charge in [-0.05, 0) is 6.42 Å². The predicted molar refractivity (Wildman–Crippen MR) is 45.6 cm³/mol. The molecule has 0 amide bonds. The fraction of sp³-hybridized carbons (Fsp3) is 0.875. The highest BCUT2D eigenvalue weighted by molar-refractivity contribution is 5.67. The third kappa shape index (κ3) is 6.51. The molecule has 78 valence electrons. The van der Waals surface area contributed by atoms with Crippen LogP contribution in [0.3, 0.4) is 0 Å². The molecule has 3 N–H and O–H groups in total. The molecule has 5 nitrogen and oxygen atoms in total. The Bertz CT molecular complexity index is 149. The van der Waals surface area contributed by atoms with Gasteiger partial charge >= 0.3 is 5.97 Å². The van der Waals surface area contributed by atoms with E-state index in [1.54, 1.807) is 0 Å². The first-order valence-corrected chi connectivity index (χ1v) is 4.46. The number of hydrogen-bond acceptors (Lipinski definition) is 4. The van der Waals surface area contributed by atoms with Crippen LogP contribution in [0.25, 0.3) is 0 Å². The number of carboxylic acids is 1. The Morgan fingerprint density at radius 2 is 2.00 bits per heavy atom. The smallest absolute Gasteiger partial charge is 0.305 e. The van der Waals surface area contributed by atoms with Crippen LogP contribution < -0.4 is 0 Å². The van der Waals surface area contributed by atoms with E-state index < -0.39 is 12.0 Å². The van der Waals surface area contributed by atoms with Crippen LogP contribution in [0.1, 0.15) is 39.0 Å². The van der Waals surface area contributed by atoms with Crippen molar-refractivity contribution in [3.8, 4) is 0 Å². The monoisotopic (exact) mass is 191 g/mol. The highest BCUT2D eigenvalue weighted by Crippen LogP contribution is 2.10. The van der Waals surface area contributed by atoms with Crippen LogP contribution in [0.2, 0.25) is 0 Å². The minimum absolute atomic E-state index is 0.00375. The van der Waals surface area contributed by atoms with Crippen LogP contribution in [0.4, 0.5) is 0 Å². The van der Waals surface area contributed by atoms with E-state index >= 15 is 0 Å². The van der Waals surface area contributed by atoms with Crippen molar-refractivity contribution in [2.75, 3.05) is 0 Å². The molecule has 0 aliphatic carbocycles. The first-order chi connectivity index (χ1) is 6.07. The van der Waals surface area contributed by atoms with E-state index in [0.29, 0.717) is 6.42 Å². The van der Waals surface area contributed by atoms with Crippen molar-refractivity contribution in [2.45, 2.75) is 45.1 Å². The van der Waals surface area contributed by atoms with Gasteiger partial charge in [-0.15, -0.1) is 0 Å². The van der Waals surface area contributed by atoms with Gasteiger partial charge in [-0.3, -0.25) is 15.2 Å². The van der Waals surface area contributed by atoms with Gasteiger partial charge in [-0.25, -0.2) is 0 Å². The van der Waals surface area contributed by atoms with E-state index in [-0.39, 0.29) is 11.6 Å². The zero-order valence-electron chi connectivity index (χ0n) is 7.81. The summed E-state index contributed by atoms with van der Waals surface area (Å²) in [5.41, 5.74) is 0. The Labute approximate surface area is 77.5 Å². The topological polar surface area (TPSA) is 81.0 Å². The minimum atomic E-state index is -1.02. The normalized spacial score (nSPS) is 13.2. The molecule has 0 aliphatic rings. The minimum Gasteiger partial charge on any atom is -0.481 e. The number of carboxylic acid groups (broad SMARTS) is 1. The lowest BCUT2D eigenvalue weighted by atomic mass is 10.1. The highest BCUT2D eigenvalue weighted by Gasteiger charge is 2.17. The van der Waals surface area contributed by atoms with Gasteiger partial charge in [0.05, 0.1) is 12.5 Å². The fourth-order valence-corrected chi connectivity index (χ4v) is 1.13. The van der Waals surface area contributed by atoms with Crippen LogP contribution in [0.5, 0.6) is 0 Å². The molecule has 0 aromatic heterocycles. The van der Waals surface area contributed by atoms with Gasteiger partial charge in [-0.1, -0.05) is 31.4 Å². The van der Waals surface area contributed by atoms with E-state index in [1.165, 1.54) is 0 Å². The van der Waals surface area contributed by atoms with Gasteiger partial charge in [-0.2, -0.15) is 0 Å². The maximum Gasteiger partial charge on any atom is 0.305 e. The first kappa shape index (κ1) is 12.3. The van der Waals surface area contributed by atoms with E-state index in [0.717, 1.165) is 19.3 Å². The number of rotatable bonds is 7. The molecule has 1 atom stereocenters. The standard InChI is InChI=1S/C8H17NO4/c1-2-3-4-5-7(9(12)13)6-8(10)11/h7,12-13H,2-6H2,1H3,(H,10,11). The van der Waals surface area contributed by atoms with Crippen LogP contribution in [-0.4, -0.2) is 32.8 Å². The van der Waals surface area contributed by atoms with Crippen LogP contribution in [0, 0.1) is 0 Å². The Morgan fingerprint density at radius 3 is 2.38 bits per heavy atom. The van der Waals surface area contributed by atoms with Crippen molar-refractivity contribution in [3.05, 3.63) is 0 Å². The molecule has 0 radical (unpaired) electrons. The lowest BCUT2D eigenvalue weighted by Crippen LogP contribution is -2.31. The molecule has 0 saturated carbocycles. The zero-order chi connectivity index (χ0) is 10.3. The van der Waals surface area contributed by atoms with E-state index in [4.69, 9.17) is 15.5 Å². The number of aliphatic carboxylic acids is 1. The van der Waals surface area contributed by atoms with Gasteiger partial charge in [0.2, 0.25) is 0 Å². The van der Waals surface area contributed by atoms with Crippen LogP contribution in [-0.2, 0) is 4.79 Å². The maximum absolute atomic E-state index is 10.3. The van der Waals surface area contributed by atoms with Crippen LogP contribution in [0.15, 0.2) is 0 Å². The molecular weight excluding hydrogens is 174 g/mol. The summed E-state index contributed by atoms with van der Waals surface area (Å²) < 4.78 is 0.